The molecule has 0 heterocycles. The normalized spacial score (nSPS) is 10.6. The molecule has 0 radical (unpaired) electrons. The molecule has 0 saturated carbocycles. The fraction of sp³-hybridized carbons (Fsp3) is 0.125. The van der Waals surface area contributed by atoms with Gasteiger partial charge < -0.3 is 0 Å². The largest absolute Gasteiger partial charge is 0.272 e. The topological polar surface area (TPSA) is 0 Å². The van der Waals surface area contributed by atoms with Gasteiger partial charge in [-0.3, -0.25) is 12.2 Å². The second kappa shape index (κ2) is 44.9. The first-order valence-electron chi connectivity index (χ1n) is 35.0. The standard InChI is InChI=1S/2C20H15.2C16H13.2C9H7.3C2H6Si.4ClH.3Zr/c2*1-14-12-16-8-5-11-19(20(16)13-14)18-10-4-7-15-6-2-3-9-17(15)18;2*1-12-10-14-8-5-9-15(16(14)11-12)13-6-3-2-4-7-13;2*1-2-5-9-7-3-6-8(9)4-1;3*1-3-2;;;;;;;/h2*2-13H,1H3;2*2-11H,1H3;2*1-2,4-6H,7H2;3*1-2H3;4*1H;;;/q6*-1;;;;;;;;3*+2. The van der Waals surface area contributed by atoms with E-state index in [0.29, 0.717) is 0 Å². The molecule has 0 saturated heterocycles. The van der Waals surface area contributed by atoms with Crippen LogP contribution in [0.2, 0.25) is 39.3 Å². The van der Waals surface area contributed by atoms with Gasteiger partial charge in [-0.15, -0.1) is 224 Å². The van der Waals surface area contributed by atoms with E-state index in [0.717, 1.165) is 12.8 Å². The zero-order chi connectivity index (χ0) is 71.9. The van der Waals surface area contributed by atoms with Crippen molar-refractivity contribution in [2.75, 3.05) is 0 Å². The second-order valence-corrected chi connectivity index (χ2v) is 54.7. The van der Waals surface area contributed by atoms with Crippen LogP contribution >= 0.6 is 49.6 Å². The molecule has 0 amide bonds. The van der Waals surface area contributed by atoms with E-state index in [1.165, 1.54) is 154 Å². The quantitative estimate of drug-likeness (QED) is 0.122. The summed E-state index contributed by atoms with van der Waals surface area (Å²) in [4.78, 5) is 0. The summed E-state index contributed by atoms with van der Waals surface area (Å²) in [6.45, 7) is 22.5. The van der Waals surface area contributed by atoms with E-state index in [-0.39, 0.29) is 65.9 Å². The zero-order valence-corrected chi connectivity index (χ0v) is 75.9. The van der Waals surface area contributed by atoms with E-state index in [1.807, 2.05) is 0 Å². The summed E-state index contributed by atoms with van der Waals surface area (Å²) < 4.78 is 0. The van der Waals surface area contributed by atoms with Crippen LogP contribution in [-0.4, -0.2) is 16.3 Å². The summed E-state index contributed by atoms with van der Waals surface area (Å²) in [5.74, 6) is 0. The van der Waals surface area contributed by atoms with Crippen molar-refractivity contribution in [3.8, 4) is 44.5 Å². The Bertz CT molecular complexity index is 5180. The Kier molecular flexibility index (Phi) is 37.4. The van der Waals surface area contributed by atoms with Crippen molar-refractivity contribution >= 4 is 143 Å². The van der Waals surface area contributed by atoms with Crippen LogP contribution in [0.3, 0.4) is 0 Å². The van der Waals surface area contributed by atoms with E-state index < -0.39 is 0 Å². The molecular weight excluding hydrogens is 1650 g/mol. The number of fused-ring (bicyclic) bond motifs is 8. The summed E-state index contributed by atoms with van der Waals surface area (Å²) in [6.07, 6.45) is 12.4. The monoisotopic (exact) mass is 1740 g/mol. The Labute approximate surface area is 701 Å². The molecule has 2 aliphatic rings. The molecule has 106 heavy (non-hydrogen) atoms. The van der Waals surface area contributed by atoms with Crippen LogP contribution in [0.1, 0.15) is 44.5 Å². The minimum atomic E-state index is 0. The van der Waals surface area contributed by atoms with Gasteiger partial charge >= 0.3 is 126 Å². The maximum Gasteiger partial charge on any atom is -0.0114 e. The third-order valence-electron chi connectivity index (χ3n) is 17.1. The number of aryl methyl sites for hydroxylation is 4. The molecule has 10 heteroatoms. The average molecular weight is 1750 g/mol. The molecule has 0 aliphatic heterocycles. The molecule has 18 rings (SSSR count). The molecule has 16 aromatic rings. The third kappa shape index (κ3) is 25.3. The van der Waals surface area contributed by atoms with Gasteiger partial charge in [-0.2, -0.15) is 35.4 Å². The van der Waals surface area contributed by atoms with Crippen molar-refractivity contribution in [2.24, 2.45) is 0 Å². The SMILES string of the molecule is C[Si](C)=[Zr+2].C[Si](C)=[Zr+2].C[Si](C)=[Zr+2].Cc1cc2c(-c3cccc4ccccc34)cccc2[cH-]1.Cc1cc2c(-c3cccc4ccccc34)cccc2[cH-]1.Cc1cc2c(-c3ccccc3)cccc2[cH-]1.Cc1cc2c(-c3ccccc3)cccc2[cH-]1.Cl.Cl.Cl.Cl.[C-]1=Cc2ccccc2C1.[C-]1=Cc2ccccc2C1. The van der Waals surface area contributed by atoms with Crippen molar-refractivity contribution in [1.29, 1.82) is 0 Å². The molecule has 0 unspecified atom stereocenters. The smallest absolute Gasteiger partial charge is 0.0114 e. The summed E-state index contributed by atoms with van der Waals surface area (Å²) >= 11 is 5.22. The van der Waals surface area contributed by atoms with Crippen LogP contribution in [-0.2, 0) is 82.8 Å². The maximum atomic E-state index is 3.16. The molecule has 16 aromatic carbocycles. The van der Waals surface area contributed by atoms with Crippen molar-refractivity contribution in [2.45, 2.75) is 79.8 Å². The van der Waals surface area contributed by atoms with Crippen molar-refractivity contribution in [3.63, 3.8) is 0 Å². The van der Waals surface area contributed by atoms with Gasteiger partial charge in [0.15, 0.2) is 0 Å². The molecule has 0 nitrogen and oxygen atoms in total. The zero-order valence-electron chi connectivity index (χ0n) is 62.2. The number of allylic oxidation sites excluding steroid dienone is 2. The predicted molar refractivity (Wildman–Crippen MR) is 471 cm³/mol. The van der Waals surface area contributed by atoms with E-state index in [2.05, 4.69) is 407 Å². The molecule has 0 bridgehead atoms. The van der Waals surface area contributed by atoms with E-state index >= 15 is 0 Å². The van der Waals surface area contributed by atoms with Gasteiger partial charge in [0.2, 0.25) is 0 Å². The van der Waals surface area contributed by atoms with Gasteiger partial charge in [-0.1, -0.05) is 256 Å². The van der Waals surface area contributed by atoms with Gasteiger partial charge in [0, 0.05) is 0 Å². The van der Waals surface area contributed by atoms with E-state index in [1.54, 1.807) is 70.0 Å². The summed E-state index contributed by atoms with van der Waals surface area (Å²) in [7, 11) is 0. The van der Waals surface area contributed by atoms with Gasteiger partial charge in [0.05, 0.1) is 0 Å². The average Bonchev–Trinajstić information content (AvgIpc) is 1.48. The molecular formula is C96H92Cl4Si3Zr3. The van der Waals surface area contributed by atoms with Crippen LogP contribution in [0.4, 0.5) is 0 Å². The maximum absolute atomic E-state index is 3.16. The van der Waals surface area contributed by atoms with Crippen molar-refractivity contribution in [1.82, 2.24) is 0 Å². The number of halogens is 4. The fourth-order valence-electron chi connectivity index (χ4n) is 12.9. The van der Waals surface area contributed by atoms with Gasteiger partial charge in [0.1, 0.15) is 0 Å². The molecule has 0 fully saturated rings. The Balaban J connectivity index is 0.000000195. The van der Waals surface area contributed by atoms with Crippen molar-refractivity contribution in [3.05, 3.63) is 372 Å². The summed E-state index contributed by atoms with van der Waals surface area (Å²) in [6, 6.07) is 112. The molecule has 0 spiro atoms. The Morgan fingerprint density at radius 2 is 0.500 bits per heavy atom. The van der Waals surface area contributed by atoms with Gasteiger partial charge in [-0.05, 0) is 43.8 Å². The van der Waals surface area contributed by atoms with Crippen molar-refractivity contribution < 1.29 is 70.0 Å². The Hall–Kier alpha value is -6.46. The summed E-state index contributed by atoms with van der Waals surface area (Å²) in [5.41, 5.74) is 21.9. The van der Waals surface area contributed by atoms with Crippen LogP contribution in [0, 0.1) is 39.8 Å². The fourth-order valence-corrected chi connectivity index (χ4v) is 12.9. The first-order chi connectivity index (χ1) is 49.5. The van der Waals surface area contributed by atoms with Crippen LogP contribution in [0.25, 0.3) is 121 Å². The minimum Gasteiger partial charge on any atom is -0.272 e. The Morgan fingerprint density at radius 3 is 0.811 bits per heavy atom. The molecule has 2 aliphatic carbocycles. The van der Waals surface area contributed by atoms with Crippen LogP contribution in [0.5, 0.6) is 0 Å². The second-order valence-electron chi connectivity index (χ2n) is 26.6. The van der Waals surface area contributed by atoms with Gasteiger partial charge in [0.25, 0.3) is 0 Å². The minimum absolute atomic E-state index is 0. The number of rotatable bonds is 4. The van der Waals surface area contributed by atoms with Crippen LogP contribution in [0.15, 0.2) is 315 Å². The summed E-state index contributed by atoms with van der Waals surface area (Å²) in [5, 5.41) is 16.0. The third-order valence-corrected chi connectivity index (χ3v) is 17.1. The Morgan fingerprint density at radius 1 is 0.264 bits per heavy atom. The van der Waals surface area contributed by atoms with E-state index in [4.69, 9.17) is 0 Å². The number of hydrogen-bond acceptors (Lipinski definition) is 0. The predicted octanol–water partition coefficient (Wildman–Crippen LogP) is 28.6. The first kappa shape index (κ1) is 88.4. The number of benzene rings is 12. The molecule has 528 valence electrons. The molecule has 0 atom stereocenters. The van der Waals surface area contributed by atoms with Crippen LogP contribution < -0.4 is 0 Å². The molecule has 0 aromatic heterocycles. The molecule has 0 N–H and O–H groups in total. The van der Waals surface area contributed by atoms with Gasteiger partial charge in [-0.25, -0.2) is 12.2 Å². The number of hydrogen-bond donors (Lipinski definition) is 0. The first-order valence-corrected chi connectivity index (χ1v) is 53.6. The van der Waals surface area contributed by atoms with E-state index in [9.17, 15) is 0 Å².